The predicted molar refractivity (Wildman–Crippen MR) is 99.2 cm³/mol. The average molecular weight is 357 g/mol. The number of fused-ring (bicyclic) bond motifs is 2. The van der Waals surface area contributed by atoms with Crippen LogP contribution in [0.2, 0.25) is 0 Å². The van der Waals surface area contributed by atoms with Gasteiger partial charge in [0.1, 0.15) is 23.9 Å². The number of nitrogens with one attached hydrogen (secondary N) is 2. The summed E-state index contributed by atoms with van der Waals surface area (Å²) < 4.78 is 11.1. The Morgan fingerprint density at radius 2 is 2.00 bits per heavy atom. The van der Waals surface area contributed by atoms with Gasteiger partial charge in [0.2, 0.25) is 0 Å². The molecule has 7 heteroatoms. The molecule has 0 bridgehead atoms. The summed E-state index contributed by atoms with van der Waals surface area (Å²) in [5.41, 5.74) is 1.81. The first-order valence-corrected chi connectivity index (χ1v) is 9.00. The fourth-order valence-electron chi connectivity index (χ4n) is 2.93. The smallest absolute Gasteiger partial charge is 0.259 e. The van der Waals surface area contributed by atoms with Gasteiger partial charge in [-0.1, -0.05) is 0 Å². The number of aryl methyl sites for hydroxylation is 2. The molecule has 130 valence electrons. The van der Waals surface area contributed by atoms with Gasteiger partial charge in [0.05, 0.1) is 11.4 Å². The van der Waals surface area contributed by atoms with Crippen LogP contribution in [0, 0.1) is 13.8 Å². The van der Waals surface area contributed by atoms with Crippen molar-refractivity contribution in [3.05, 3.63) is 44.8 Å². The van der Waals surface area contributed by atoms with Crippen molar-refractivity contribution in [2.45, 2.75) is 26.8 Å². The first-order chi connectivity index (χ1) is 12.0. The summed E-state index contributed by atoms with van der Waals surface area (Å²) in [6.45, 7) is 7.06. The second-order valence-electron chi connectivity index (χ2n) is 6.14. The number of aromatic nitrogens is 2. The molecule has 0 fully saturated rings. The maximum absolute atomic E-state index is 12.4. The largest absolute Gasteiger partial charge is 0.486 e. The first-order valence-electron chi connectivity index (χ1n) is 8.19. The number of thiophene rings is 1. The summed E-state index contributed by atoms with van der Waals surface area (Å²) in [4.78, 5) is 21.9. The van der Waals surface area contributed by atoms with E-state index in [0.717, 1.165) is 32.5 Å². The van der Waals surface area contributed by atoms with Crippen LogP contribution < -0.4 is 20.3 Å². The van der Waals surface area contributed by atoms with Crippen LogP contribution in [0.4, 0.5) is 5.69 Å². The van der Waals surface area contributed by atoms with Crippen LogP contribution in [0.5, 0.6) is 11.5 Å². The number of H-pyrrole nitrogens is 1. The highest BCUT2D eigenvalue weighted by atomic mass is 32.1. The van der Waals surface area contributed by atoms with Crippen LogP contribution in [0.1, 0.15) is 29.2 Å². The van der Waals surface area contributed by atoms with E-state index in [1.807, 2.05) is 39.0 Å². The topological polar surface area (TPSA) is 76.2 Å². The molecule has 0 spiro atoms. The molecule has 2 N–H and O–H groups in total. The fraction of sp³-hybridized carbons (Fsp3) is 0.333. The Bertz CT molecular complexity index is 1010. The van der Waals surface area contributed by atoms with Crippen LogP contribution in [0.25, 0.3) is 10.2 Å². The van der Waals surface area contributed by atoms with Crippen molar-refractivity contribution in [1.29, 1.82) is 0 Å². The van der Waals surface area contributed by atoms with Gasteiger partial charge in [0.15, 0.2) is 11.5 Å². The van der Waals surface area contributed by atoms with Gasteiger partial charge in [-0.2, -0.15) is 0 Å². The van der Waals surface area contributed by atoms with E-state index in [2.05, 4.69) is 15.3 Å². The predicted octanol–water partition coefficient (Wildman–Crippen LogP) is 3.55. The first kappa shape index (κ1) is 16.0. The van der Waals surface area contributed by atoms with E-state index >= 15 is 0 Å². The Balaban J connectivity index is 1.64. The van der Waals surface area contributed by atoms with Gasteiger partial charge in [0, 0.05) is 16.6 Å². The van der Waals surface area contributed by atoms with Crippen LogP contribution >= 0.6 is 11.3 Å². The van der Waals surface area contributed by atoms with E-state index in [0.29, 0.717) is 24.4 Å². The minimum atomic E-state index is -0.151. The van der Waals surface area contributed by atoms with Crippen molar-refractivity contribution >= 4 is 27.2 Å². The molecule has 1 aromatic carbocycles. The van der Waals surface area contributed by atoms with Gasteiger partial charge >= 0.3 is 0 Å². The average Bonchev–Trinajstić information content (AvgIpc) is 2.89. The Labute approximate surface area is 148 Å². The summed E-state index contributed by atoms with van der Waals surface area (Å²) in [5, 5.41) is 4.05. The Kier molecular flexibility index (Phi) is 3.88. The molecular formula is C18H19N3O3S. The van der Waals surface area contributed by atoms with E-state index in [9.17, 15) is 4.79 Å². The molecule has 3 aromatic rings. The molecule has 1 atom stereocenters. The third kappa shape index (κ3) is 2.84. The van der Waals surface area contributed by atoms with E-state index in [1.165, 1.54) is 0 Å². The van der Waals surface area contributed by atoms with E-state index in [1.54, 1.807) is 11.3 Å². The quantitative estimate of drug-likeness (QED) is 0.750. The van der Waals surface area contributed by atoms with Crippen LogP contribution in [-0.2, 0) is 0 Å². The van der Waals surface area contributed by atoms with Gasteiger partial charge in [-0.25, -0.2) is 4.98 Å². The van der Waals surface area contributed by atoms with Crippen molar-refractivity contribution in [3.63, 3.8) is 0 Å². The molecule has 0 saturated carbocycles. The van der Waals surface area contributed by atoms with Crippen LogP contribution in [0.15, 0.2) is 23.0 Å². The van der Waals surface area contributed by atoms with Gasteiger partial charge in [0.25, 0.3) is 5.56 Å². The summed E-state index contributed by atoms with van der Waals surface area (Å²) in [5.74, 6) is 2.10. The molecule has 0 saturated heterocycles. The fourth-order valence-corrected chi connectivity index (χ4v) is 3.96. The van der Waals surface area contributed by atoms with E-state index < -0.39 is 0 Å². The minimum absolute atomic E-state index is 0.0855. The molecule has 4 rings (SSSR count). The number of nitrogens with zero attached hydrogens (tertiary/aromatic N) is 1. The lowest BCUT2D eigenvalue weighted by atomic mass is 10.2. The Morgan fingerprint density at radius 1 is 1.24 bits per heavy atom. The van der Waals surface area contributed by atoms with Gasteiger partial charge in [-0.05, 0) is 38.5 Å². The molecule has 3 heterocycles. The zero-order valence-corrected chi connectivity index (χ0v) is 15.1. The minimum Gasteiger partial charge on any atom is -0.486 e. The molecule has 25 heavy (non-hydrogen) atoms. The maximum Gasteiger partial charge on any atom is 0.259 e. The monoisotopic (exact) mass is 357 g/mol. The third-order valence-electron chi connectivity index (χ3n) is 4.39. The summed E-state index contributed by atoms with van der Waals surface area (Å²) >= 11 is 1.55. The summed E-state index contributed by atoms with van der Waals surface area (Å²) in [7, 11) is 0. The highest BCUT2D eigenvalue weighted by Gasteiger charge is 2.17. The number of hydrogen-bond acceptors (Lipinski definition) is 6. The molecule has 0 radical (unpaired) electrons. The molecular weight excluding hydrogens is 338 g/mol. The third-order valence-corrected chi connectivity index (χ3v) is 5.49. The van der Waals surface area contributed by atoms with E-state index in [-0.39, 0.29) is 11.6 Å². The standard InChI is InChI=1S/C18H19N3O3S/c1-9-11(3)25-18-15(9)17(22)20-16(21-18)10(2)19-12-4-5-13-14(8-12)24-7-6-23-13/h4-5,8,10,19H,6-7H2,1-3H3,(H,20,21,22). The molecule has 1 aliphatic heterocycles. The van der Waals surface area contributed by atoms with Crippen LogP contribution in [-0.4, -0.2) is 23.2 Å². The number of anilines is 1. The van der Waals surface area contributed by atoms with E-state index in [4.69, 9.17) is 9.47 Å². The lowest BCUT2D eigenvalue weighted by molar-refractivity contribution is 0.171. The number of benzene rings is 1. The molecule has 2 aromatic heterocycles. The lowest BCUT2D eigenvalue weighted by Crippen LogP contribution is -2.18. The number of aromatic amines is 1. The number of hydrogen-bond donors (Lipinski definition) is 2. The summed E-state index contributed by atoms with van der Waals surface area (Å²) in [6, 6.07) is 5.57. The van der Waals surface area contributed by atoms with Gasteiger partial charge in [-0.15, -0.1) is 11.3 Å². The molecule has 0 amide bonds. The summed E-state index contributed by atoms with van der Waals surface area (Å²) in [6.07, 6.45) is 0. The molecule has 0 aliphatic carbocycles. The molecule has 1 unspecified atom stereocenters. The van der Waals surface area contributed by atoms with Crippen LogP contribution in [0.3, 0.4) is 0 Å². The number of rotatable bonds is 3. The maximum atomic E-state index is 12.4. The zero-order chi connectivity index (χ0) is 17.6. The van der Waals surface area contributed by atoms with Crippen molar-refractivity contribution in [2.24, 2.45) is 0 Å². The molecule has 1 aliphatic rings. The molecule has 6 nitrogen and oxygen atoms in total. The second kappa shape index (κ2) is 6.07. The van der Waals surface area contributed by atoms with Crippen molar-refractivity contribution in [1.82, 2.24) is 9.97 Å². The normalized spacial score (nSPS) is 14.5. The highest BCUT2D eigenvalue weighted by Crippen LogP contribution is 2.33. The van der Waals surface area contributed by atoms with Crippen molar-refractivity contribution in [2.75, 3.05) is 18.5 Å². The van der Waals surface area contributed by atoms with Gasteiger partial charge < -0.3 is 19.8 Å². The van der Waals surface area contributed by atoms with Gasteiger partial charge in [-0.3, -0.25) is 4.79 Å². The lowest BCUT2D eigenvalue weighted by Gasteiger charge is -2.20. The van der Waals surface area contributed by atoms with Crippen molar-refractivity contribution in [3.8, 4) is 11.5 Å². The van der Waals surface area contributed by atoms with Crippen molar-refractivity contribution < 1.29 is 9.47 Å². The number of ether oxygens (including phenoxy) is 2. The Morgan fingerprint density at radius 3 is 2.80 bits per heavy atom. The Hall–Kier alpha value is -2.54. The SMILES string of the molecule is Cc1sc2nc(C(C)Nc3ccc4c(c3)OCCO4)[nH]c(=O)c2c1C. The zero-order valence-electron chi connectivity index (χ0n) is 14.3. The second-order valence-corrected chi connectivity index (χ2v) is 7.34. The highest BCUT2D eigenvalue weighted by molar-refractivity contribution is 7.18.